The number of aliphatic imine (C=N–C) groups is 1. The molecule has 0 aliphatic carbocycles. The smallest absolute Gasteiger partial charge is 0.161 e. The van der Waals surface area contributed by atoms with Crippen molar-refractivity contribution in [3.63, 3.8) is 0 Å². The van der Waals surface area contributed by atoms with Crippen molar-refractivity contribution in [2.75, 3.05) is 5.75 Å². The molecule has 2 unspecified atom stereocenters. The lowest BCUT2D eigenvalue weighted by Gasteiger charge is -2.37. The molecule has 17 heavy (non-hydrogen) atoms. The number of pyridine rings is 1. The molecule has 0 saturated carbocycles. The van der Waals surface area contributed by atoms with Gasteiger partial charge in [0.2, 0.25) is 0 Å². The fourth-order valence-electron chi connectivity index (χ4n) is 2.63. The molecular weight excluding hydrogens is 230 g/mol. The highest BCUT2D eigenvalue weighted by molar-refractivity contribution is 8.02. The molecule has 2 atom stereocenters. The molecule has 0 amide bonds. The molecule has 84 valence electrons. The Morgan fingerprint density at radius 1 is 1.47 bits per heavy atom. The topological polar surface area (TPSA) is 28.5 Å². The van der Waals surface area contributed by atoms with Crippen LogP contribution in [0.2, 0.25) is 0 Å². The van der Waals surface area contributed by atoms with Crippen molar-refractivity contribution in [3.05, 3.63) is 47.3 Å². The minimum absolute atomic E-state index is 0.146. The molecule has 1 aromatic rings. The van der Waals surface area contributed by atoms with Gasteiger partial charge in [0.05, 0.1) is 6.04 Å². The third-order valence-corrected chi connectivity index (χ3v) is 4.45. The van der Waals surface area contributed by atoms with E-state index in [1.807, 2.05) is 24.2 Å². The monoisotopic (exact) mass is 241 g/mol. The Labute approximate surface area is 104 Å². The van der Waals surface area contributed by atoms with Crippen LogP contribution in [0.3, 0.4) is 0 Å². The lowest BCUT2D eigenvalue weighted by atomic mass is 9.98. The molecule has 4 rings (SSSR count). The summed E-state index contributed by atoms with van der Waals surface area (Å²) >= 11 is 1.83. The third-order valence-electron chi connectivity index (χ3n) is 3.53. The van der Waals surface area contributed by atoms with E-state index in [9.17, 15) is 0 Å². The summed E-state index contributed by atoms with van der Waals surface area (Å²) in [5.41, 5.74) is 2.35. The average molecular weight is 241 g/mol. The molecule has 3 aliphatic rings. The summed E-state index contributed by atoms with van der Waals surface area (Å²) in [6, 6.07) is 2.36. The summed E-state index contributed by atoms with van der Waals surface area (Å²) in [5.74, 6) is 1.00. The van der Waals surface area contributed by atoms with E-state index in [4.69, 9.17) is 4.99 Å². The fraction of sp³-hybridized carbons (Fsp3) is 0.231. The molecule has 4 heteroatoms. The zero-order chi connectivity index (χ0) is 11.3. The first-order chi connectivity index (χ1) is 8.39. The van der Waals surface area contributed by atoms with Gasteiger partial charge in [-0.25, -0.2) is 0 Å². The van der Waals surface area contributed by atoms with Crippen LogP contribution in [0.4, 0.5) is 0 Å². The fourth-order valence-corrected chi connectivity index (χ4v) is 3.61. The predicted molar refractivity (Wildman–Crippen MR) is 70.7 cm³/mol. The number of rotatable bonds is 0. The van der Waals surface area contributed by atoms with Crippen LogP contribution >= 0.6 is 11.8 Å². The van der Waals surface area contributed by atoms with Gasteiger partial charge in [-0.3, -0.25) is 9.98 Å². The average Bonchev–Trinajstić information content (AvgIpc) is 2.99. The molecule has 0 N–H and O–H groups in total. The van der Waals surface area contributed by atoms with Gasteiger partial charge in [0.1, 0.15) is 0 Å². The van der Waals surface area contributed by atoms with Gasteiger partial charge < -0.3 is 4.90 Å². The van der Waals surface area contributed by atoms with Crippen molar-refractivity contribution in [1.29, 1.82) is 0 Å². The Hall–Kier alpha value is -1.55. The Kier molecular flexibility index (Phi) is 1.80. The number of fused-ring (bicyclic) bond motifs is 4. The lowest BCUT2D eigenvalue weighted by Crippen LogP contribution is -2.41. The van der Waals surface area contributed by atoms with Crippen molar-refractivity contribution in [3.8, 4) is 0 Å². The molecule has 0 radical (unpaired) electrons. The predicted octanol–water partition coefficient (Wildman–Crippen LogP) is 2.45. The van der Waals surface area contributed by atoms with Gasteiger partial charge in [0.15, 0.2) is 5.66 Å². The maximum atomic E-state index is 4.73. The Morgan fingerprint density at radius 3 is 3.35 bits per heavy atom. The van der Waals surface area contributed by atoms with Crippen LogP contribution in [-0.2, 0) is 0 Å². The highest BCUT2D eigenvalue weighted by atomic mass is 32.2. The van der Waals surface area contributed by atoms with Crippen molar-refractivity contribution >= 4 is 24.1 Å². The van der Waals surface area contributed by atoms with Gasteiger partial charge in [0.25, 0.3) is 0 Å². The van der Waals surface area contributed by atoms with Crippen molar-refractivity contribution in [1.82, 2.24) is 9.88 Å². The molecule has 1 aromatic heterocycles. The number of thioether (sulfide) groups is 1. The molecular formula is C13H11N3S. The van der Waals surface area contributed by atoms with Crippen molar-refractivity contribution < 1.29 is 0 Å². The minimum Gasteiger partial charge on any atom is -0.338 e. The molecule has 0 fully saturated rings. The highest BCUT2D eigenvalue weighted by Gasteiger charge is 2.44. The summed E-state index contributed by atoms with van der Waals surface area (Å²) < 4.78 is 0. The summed E-state index contributed by atoms with van der Waals surface area (Å²) in [6.45, 7) is 0. The van der Waals surface area contributed by atoms with Crippen LogP contribution in [0.25, 0.3) is 6.08 Å². The molecule has 4 heterocycles. The van der Waals surface area contributed by atoms with Gasteiger partial charge >= 0.3 is 0 Å². The summed E-state index contributed by atoms with van der Waals surface area (Å²) in [7, 11) is 0. The third kappa shape index (κ3) is 1.19. The summed E-state index contributed by atoms with van der Waals surface area (Å²) in [5, 5.41) is 2.15. The van der Waals surface area contributed by atoms with Crippen LogP contribution in [0.15, 0.2) is 41.1 Å². The van der Waals surface area contributed by atoms with E-state index < -0.39 is 0 Å². The Bertz CT molecular complexity index is 564. The number of hydrogen-bond acceptors (Lipinski definition) is 4. The quantitative estimate of drug-likeness (QED) is 0.698. The van der Waals surface area contributed by atoms with Gasteiger partial charge in [0, 0.05) is 30.6 Å². The number of aromatic nitrogens is 1. The molecule has 0 saturated heterocycles. The van der Waals surface area contributed by atoms with Crippen molar-refractivity contribution in [2.45, 2.75) is 11.7 Å². The van der Waals surface area contributed by atoms with Gasteiger partial charge in [-0.2, -0.15) is 0 Å². The summed E-state index contributed by atoms with van der Waals surface area (Å²) in [6.07, 6.45) is 12.3. The second-order valence-electron chi connectivity index (χ2n) is 4.44. The van der Waals surface area contributed by atoms with Crippen LogP contribution in [0.5, 0.6) is 0 Å². The van der Waals surface area contributed by atoms with E-state index in [-0.39, 0.29) is 11.7 Å². The minimum atomic E-state index is -0.146. The van der Waals surface area contributed by atoms with Gasteiger partial charge in [-0.1, -0.05) is 0 Å². The zero-order valence-corrected chi connectivity index (χ0v) is 9.97. The van der Waals surface area contributed by atoms with Gasteiger partial charge in [-0.05, 0) is 34.8 Å². The number of nitrogens with zero attached hydrogens (tertiary/aromatic N) is 3. The first-order valence-electron chi connectivity index (χ1n) is 5.64. The Morgan fingerprint density at radius 2 is 2.47 bits per heavy atom. The number of hydrogen-bond donors (Lipinski definition) is 0. The molecule has 0 bridgehead atoms. The van der Waals surface area contributed by atoms with E-state index in [2.05, 4.69) is 45.9 Å². The van der Waals surface area contributed by atoms with Gasteiger partial charge in [-0.15, -0.1) is 11.8 Å². The van der Waals surface area contributed by atoms with Crippen LogP contribution in [0, 0.1) is 0 Å². The molecule has 1 spiro atoms. The van der Waals surface area contributed by atoms with E-state index in [0.717, 1.165) is 5.75 Å². The standard InChI is InChI=1S/C13H11N3S/c1-4-14-7-10-2-5-16-12(11(1)10)8-15-13(16)3-6-17-9-13/h1-8,12H,9H2. The first kappa shape index (κ1) is 9.48. The Balaban J connectivity index is 1.84. The maximum Gasteiger partial charge on any atom is 0.161 e. The lowest BCUT2D eigenvalue weighted by molar-refractivity contribution is 0.234. The second-order valence-corrected chi connectivity index (χ2v) is 5.34. The van der Waals surface area contributed by atoms with E-state index >= 15 is 0 Å². The van der Waals surface area contributed by atoms with Crippen LogP contribution in [-0.4, -0.2) is 27.5 Å². The SMILES string of the molecule is C1=CC2(CS1)N=CC1c3ccncc3C=CN12. The van der Waals surface area contributed by atoms with E-state index in [1.54, 1.807) is 0 Å². The van der Waals surface area contributed by atoms with E-state index in [0.29, 0.717) is 0 Å². The normalized spacial score (nSPS) is 32.2. The molecule has 3 nitrogen and oxygen atoms in total. The molecule has 3 aliphatic heterocycles. The highest BCUT2D eigenvalue weighted by Crippen LogP contribution is 2.44. The largest absolute Gasteiger partial charge is 0.338 e. The van der Waals surface area contributed by atoms with E-state index in [1.165, 1.54) is 11.1 Å². The zero-order valence-electron chi connectivity index (χ0n) is 9.15. The van der Waals surface area contributed by atoms with Crippen LogP contribution < -0.4 is 0 Å². The first-order valence-corrected chi connectivity index (χ1v) is 6.69. The maximum absolute atomic E-state index is 4.73. The molecule has 0 aromatic carbocycles. The summed E-state index contributed by atoms with van der Waals surface area (Å²) in [4.78, 5) is 11.2. The van der Waals surface area contributed by atoms with Crippen LogP contribution in [0.1, 0.15) is 17.2 Å². The second kappa shape index (κ2) is 3.23. The van der Waals surface area contributed by atoms with Crippen molar-refractivity contribution in [2.24, 2.45) is 4.99 Å².